The molecule has 8 heteroatoms. The number of hydrogen-bond donors (Lipinski definition) is 2. The van der Waals surface area contributed by atoms with Crippen LogP contribution in [0.15, 0.2) is 55.1 Å². The highest BCUT2D eigenvalue weighted by Gasteiger charge is 2.27. The highest BCUT2D eigenvalue weighted by molar-refractivity contribution is 5.75. The molecule has 3 N–H and O–H groups in total. The Bertz CT molecular complexity index is 1190. The molecule has 1 aromatic carbocycles. The van der Waals surface area contributed by atoms with Crippen molar-refractivity contribution in [1.82, 2.24) is 29.5 Å². The molecule has 0 saturated heterocycles. The maximum absolute atomic E-state index is 5.97. The molecule has 3 heterocycles. The predicted octanol–water partition coefficient (Wildman–Crippen LogP) is 2.85. The van der Waals surface area contributed by atoms with E-state index in [9.17, 15) is 0 Å². The second kappa shape index (κ2) is 7.38. The minimum absolute atomic E-state index is 0.262. The molecule has 0 atom stereocenters. The number of hydrogen-bond acceptors (Lipinski definition) is 6. The number of anilines is 1. The predicted molar refractivity (Wildman–Crippen MR) is 116 cm³/mol. The van der Waals surface area contributed by atoms with Gasteiger partial charge in [0.25, 0.3) is 0 Å². The monoisotopic (exact) mass is 400 g/mol. The van der Waals surface area contributed by atoms with Crippen LogP contribution in [0.5, 0.6) is 0 Å². The zero-order valence-electron chi connectivity index (χ0n) is 17.0. The summed E-state index contributed by atoms with van der Waals surface area (Å²) >= 11 is 0. The van der Waals surface area contributed by atoms with Crippen molar-refractivity contribution >= 4 is 5.82 Å². The van der Waals surface area contributed by atoms with Crippen LogP contribution in [-0.2, 0) is 14.1 Å². The quantitative estimate of drug-likeness (QED) is 0.534. The Morgan fingerprint density at radius 2 is 1.87 bits per heavy atom. The summed E-state index contributed by atoms with van der Waals surface area (Å²) < 4.78 is 3.58. The molecule has 0 unspecified atom stereocenters. The number of rotatable bonds is 5. The SMILES string of the molecule is Cn1cc(-c2cccc(-c3ncc(-c4ccn(C)n4)c(NC4CC(N)C4)n3)c2)cn1. The molecule has 1 fully saturated rings. The Hall–Kier alpha value is -3.52. The molecule has 0 aliphatic heterocycles. The first-order valence-electron chi connectivity index (χ1n) is 10.0. The topological polar surface area (TPSA) is 99.5 Å². The first-order chi connectivity index (χ1) is 14.5. The van der Waals surface area contributed by atoms with E-state index in [2.05, 4.69) is 32.6 Å². The van der Waals surface area contributed by atoms with Gasteiger partial charge in [-0.15, -0.1) is 0 Å². The van der Waals surface area contributed by atoms with Gasteiger partial charge >= 0.3 is 0 Å². The van der Waals surface area contributed by atoms with Gasteiger partial charge in [-0.25, -0.2) is 9.97 Å². The maximum atomic E-state index is 5.97. The number of aryl methyl sites for hydroxylation is 2. The van der Waals surface area contributed by atoms with Crippen LogP contribution < -0.4 is 11.1 Å². The summed E-state index contributed by atoms with van der Waals surface area (Å²) in [6.45, 7) is 0. The van der Waals surface area contributed by atoms with E-state index in [-0.39, 0.29) is 6.04 Å². The van der Waals surface area contributed by atoms with Gasteiger partial charge in [0.05, 0.1) is 17.5 Å². The number of aromatic nitrogens is 6. The van der Waals surface area contributed by atoms with Crippen molar-refractivity contribution < 1.29 is 0 Å². The minimum Gasteiger partial charge on any atom is -0.367 e. The lowest BCUT2D eigenvalue weighted by Crippen LogP contribution is -2.44. The van der Waals surface area contributed by atoms with Gasteiger partial charge in [-0.1, -0.05) is 18.2 Å². The van der Waals surface area contributed by atoms with Gasteiger partial charge in [-0.3, -0.25) is 9.36 Å². The van der Waals surface area contributed by atoms with Gasteiger partial charge in [0, 0.05) is 55.9 Å². The Balaban J connectivity index is 1.53. The average molecular weight is 400 g/mol. The molecular weight excluding hydrogens is 376 g/mol. The Kier molecular flexibility index (Phi) is 4.55. The van der Waals surface area contributed by atoms with E-state index >= 15 is 0 Å². The molecule has 0 radical (unpaired) electrons. The van der Waals surface area contributed by atoms with Crippen molar-refractivity contribution in [3.63, 3.8) is 0 Å². The summed E-state index contributed by atoms with van der Waals surface area (Å²) in [5.41, 5.74) is 10.8. The van der Waals surface area contributed by atoms with Crippen LogP contribution in [0.3, 0.4) is 0 Å². The standard InChI is InChI=1S/C22H24N8/c1-29-7-6-20(28-29)19-12-24-21(27-22(19)26-18-9-17(23)10-18)15-5-3-4-14(8-15)16-11-25-30(2)13-16/h3-8,11-13,17-18H,9-10,23H2,1-2H3,(H,24,26,27). The Morgan fingerprint density at radius 1 is 1.03 bits per heavy atom. The first kappa shape index (κ1) is 18.5. The van der Waals surface area contributed by atoms with E-state index < -0.39 is 0 Å². The van der Waals surface area contributed by atoms with Crippen LogP contribution >= 0.6 is 0 Å². The Morgan fingerprint density at radius 3 is 2.57 bits per heavy atom. The molecular formula is C22H24N8. The summed E-state index contributed by atoms with van der Waals surface area (Å²) in [7, 11) is 3.82. The van der Waals surface area contributed by atoms with Crippen LogP contribution in [0.2, 0.25) is 0 Å². The van der Waals surface area contributed by atoms with Crippen molar-refractivity contribution in [2.45, 2.75) is 24.9 Å². The van der Waals surface area contributed by atoms with E-state index in [0.29, 0.717) is 11.9 Å². The Labute approximate surface area is 174 Å². The average Bonchev–Trinajstić information content (AvgIpc) is 3.35. The van der Waals surface area contributed by atoms with Crippen LogP contribution in [-0.4, -0.2) is 41.6 Å². The van der Waals surface area contributed by atoms with Gasteiger partial charge in [0.2, 0.25) is 0 Å². The summed E-state index contributed by atoms with van der Waals surface area (Å²) in [5.74, 6) is 1.47. The van der Waals surface area contributed by atoms with Gasteiger partial charge < -0.3 is 11.1 Å². The molecule has 30 heavy (non-hydrogen) atoms. The van der Waals surface area contributed by atoms with Crippen LogP contribution in [0.1, 0.15) is 12.8 Å². The molecule has 0 spiro atoms. The fourth-order valence-corrected chi connectivity index (χ4v) is 3.76. The van der Waals surface area contributed by atoms with Crippen molar-refractivity contribution in [3.8, 4) is 33.8 Å². The van der Waals surface area contributed by atoms with Crippen molar-refractivity contribution in [2.75, 3.05) is 5.32 Å². The lowest BCUT2D eigenvalue weighted by Gasteiger charge is -2.33. The highest BCUT2D eigenvalue weighted by Crippen LogP contribution is 2.31. The molecule has 0 bridgehead atoms. The number of nitrogens with one attached hydrogen (secondary N) is 1. The molecule has 3 aromatic heterocycles. The van der Waals surface area contributed by atoms with Crippen LogP contribution in [0, 0.1) is 0 Å². The van der Waals surface area contributed by atoms with Crippen LogP contribution in [0.4, 0.5) is 5.82 Å². The lowest BCUT2D eigenvalue weighted by molar-refractivity contribution is 0.373. The van der Waals surface area contributed by atoms with Gasteiger partial charge in [-0.05, 0) is 30.5 Å². The third-order valence-corrected chi connectivity index (χ3v) is 5.45. The molecule has 1 aliphatic rings. The molecule has 1 saturated carbocycles. The van der Waals surface area contributed by atoms with Crippen molar-refractivity contribution in [2.24, 2.45) is 19.8 Å². The normalized spacial score (nSPS) is 18.2. The van der Waals surface area contributed by atoms with E-state index in [0.717, 1.165) is 46.6 Å². The fraction of sp³-hybridized carbons (Fsp3) is 0.273. The molecule has 0 amide bonds. The smallest absolute Gasteiger partial charge is 0.161 e. The minimum atomic E-state index is 0.262. The van der Waals surface area contributed by atoms with Crippen molar-refractivity contribution in [1.29, 1.82) is 0 Å². The van der Waals surface area contributed by atoms with E-state index in [4.69, 9.17) is 10.7 Å². The summed E-state index contributed by atoms with van der Waals surface area (Å²) in [6.07, 6.45) is 9.51. The van der Waals surface area contributed by atoms with Gasteiger partial charge in [0.1, 0.15) is 5.82 Å². The number of benzene rings is 1. The van der Waals surface area contributed by atoms with E-state index in [1.807, 2.05) is 57.1 Å². The first-order valence-corrected chi connectivity index (χ1v) is 10.0. The maximum Gasteiger partial charge on any atom is 0.161 e. The molecule has 152 valence electrons. The third kappa shape index (κ3) is 3.57. The summed E-state index contributed by atoms with van der Waals surface area (Å²) in [5, 5.41) is 12.3. The summed E-state index contributed by atoms with van der Waals surface area (Å²) in [4.78, 5) is 9.54. The largest absolute Gasteiger partial charge is 0.367 e. The van der Waals surface area contributed by atoms with Gasteiger partial charge in [-0.2, -0.15) is 10.2 Å². The highest BCUT2D eigenvalue weighted by atomic mass is 15.3. The number of nitrogens with two attached hydrogens (primary N) is 1. The van der Waals surface area contributed by atoms with Gasteiger partial charge in [0.15, 0.2) is 5.82 Å². The summed E-state index contributed by atoms with van der Waals surface area (Å²) in [6, 6.07) is 10.8. The van der Waals surface area contributed by atoms with Crippen LogP contribution in [0.25, 0.3) is 33.8 Å². The van der Waals surface area contributed by atoms with Crippen molar-refractivity contribution in [3.05, 3.63) is 55.1 Å². The molecule has 8 nitrogen and oxygen atoms in total. The molecule has 4 aromatic rings. The molecule has 1 aliphatic carbocycles. The second-order valence-electron chi connectivity index (χ2n) is 7.89. The fourth-order valence-electron chi connectivity index (χ4n) is 3.76. The number of nitrogens with zero attached hydrogens (tertiary/aromatic N) is 6. The van der Waals surface area contributed by atoms with E-state index in [1.54, 1.807) is 9.36 Å². The van der Waals surface area contributed by atoms with E-state index in [1.165, 1.54) is 0 Å². The zero-order valence-corrected chi connectivity index (χ0v) is 17.0. The zero-order chi connectivity index (χ0) is 20.7. The lowest BCUT2D eigenvalue weighted by atomic mass is 9.87. The third-order valence-electron chi connectivity index (χ3n) is 5.45. The second-order valence-corrected chi connectivity index (χ2v) is 7.89. The molecule has 5 rings (SSSR count).